The molecule has 124 valence electrons. The van der Waals surface area contributed by atoms with Crippen molar-refractivity contribution in [2.24, 2.45) is 0 Å². The lowest BCUT2D eigenvalue weighted by Crippen LogP contribution is -2.26. The molecule has 5 rings (SSSR count). The predicted molar refractivity (Wildman–Crippen MR) is 96.6 cm³/mol. The van der Waals surface area contributed by atoms with E-state index in [9.17, 15) is 4.79 Å². The Hall–Kier alpha value is -1.55. The topological polar surface area (TPSA) is 35.5 Å². The van der Waals surface area contributed by atoms with Crippen LogP contribution in [0.15, 0.2) is 12.1 Å². The van der Waals surface area contributed by atoms with Crippen LogP contribution in [0.4, 0.5) is 0 Å². The second kappa shape index (κ2) is 5.48. The molecule has 0 radical (unpaired) electrons. The van der Waals surface area contributed by atoms with Gasteiger partial charge in [-0.1, -0.05) is 35.2 Å². The Morgan fingerprint density at radius 2 is 1.50 bits per heavy atom. The van der Waals surface area contributed by atoms with E-state index in [4.69, 9.17) is 9.47 Å². The molecular formula is C20H19BrO3. The molecule has 3 aliphatic rings. The van der Waals surface area contributed by atoms with Gasteiger partial charge in [0.15, 0.2) is 17.3 Å². The van der Waals surface area contributed by atoms with Crippen LogP contribution in [0.25, 0.3) is 10.8 Å². The number of ketones is 1. The smallest absolute Gasteiger partial charge is 0.231 e. The van der Waals surface area contributed by atoms with Gasteiger partial charge in [0.25, 0.3) is 0 Å². The molecule has 3 nitrogen and oxygen atoms in total. The normalized spacial score (nSPS) is 22.2. The minimum Gasteiger partial charge on any atom is -0.454 e. The summed E-state index contributed by atoms with van der Waals surface area (Å²) in [7, 11) is 0. The largest absolute Gasteiger partial charge is 0.454 e. The van der Waals surface area contributed by atoms with E-state index in [1.54, 1.807) is 0 Å². The maximum Gasteiger partial charge on any atom is 0.231 e. The highest BCUT2D eigenvalue weighted by molar-refractivity contribution is 9.09. The number of carbonyl (C=O) groups is 1. The van der Waals surface area contributed by atoms with Gasteiger partial charge >= 0.3 is 0 Å². The third-order valence-corrected chi connectivity index (χ3v) is 6.52. The summed E-state index contributed by atoms with van der Waals surface area (Å²) < 4.78 is 11.1. The average molecular weight is 387 g/mol. The number of Topliss-reactive ketones (excluding diaryl/α,β-unsaturated/α-hetero) is 1. The van der Waals surface area contributed by atoms with E-state index in [0.717, 1.165) is 35.3 Å². The zero-order valence-electron chi connectivity index (χ0n) is 13.5. The number of hydrogen-bond donors (Lipinski definition) is 0. The SMILES string of the molecule is O=C1c2c(c3c(c4cc5c(cc24)OCO5)CCCCCCC3)C1Br. The minimum atomic E-state index is -0.128. The van der Waals surface area contributed by atoms with E-state index in [0.29, 0.717) is 0 Å². The van der Waals surface area contributed by atoms with Crippen molar-refractivity contribution in [3.05, 3.63) is 34.4 Å². The lowest BCUT2D eigenvalue weighted by Gasteiger charge is -2.31. The maximum absolute atomic E-state index is 12.6. The van der Waals surface area contributed by atoms with Crippen molar-refractivity contribution in [3.63, 3.8) is 0 Å². The van der Waals surface area contributed by atoms with Crippen LogP contribution in [-0.4, -0.2) is 12.6 Å². The number of halogens is 1. The molecule has 2 aromatic rings. The Morgan fingerprint density at radius 1 is 0.875 bits per heavy atom. The first kappa shape index (κ1) is 14.8. The zero-order chi connectivity index (χ0) is 16.3. The van der Waals surface area contributed by atoms with Crippen LogP contribution in [0, 0.1) is 0 Å². The number of benzene rings is 2. The van der Waals surface area contributed by atoms with Gasteiger partial charge in [-0.05, 0) is 65.3 Å². The molecule has 1 unspecified atom stereocenters. The molecule has 0 aromatic heterocycles. The molecule has 4 heteroatoms. The van der Waals surface area contributed by atoms with E-state index >= 15 is 0 Å². The van der Waals surface area contributed by atoms with Crippen LogP contribution in [0.1, 0.15) is 64.0 Å². The van der Waals surface area contributed by atoms with Crippen molar-refractivity contribution in [1.82, 2.24) is 0 Å². The van der Waals surface area contributed by atoms with E-state index in [1.165, 1.54) is 54.2 Å². The first-order valence-electron chi connectivity index (χ1n) is 8.85. The van der Waals surface area contributed by atoms with E-state index in [2.05, 4.69) is 22.0 Å². The summed E-state index contributed by atoms with van der Waals surface area (Å²) in [5.41, 5.74) is 4.99. The minimum absolute atomic E-state index is 0.128. The first-order valence-corrected chi connectivity index (χ1v) is 9.76. The Kier molecular flexibility index (Phi) is 3.37. The number of aryl methyl sites for hydroxylation is 1. The van der Waals surface area contributed by atoms with E-state index < -0.39 is 0 Å². The summed E-state index contributed by atoms with van der Waals surface area (Å²) in [5, 5.41) is 2.25. The highest BCUT2D eigenvalue weighted by Gasteiger charge is 2.40. The van der Waals surface area contributed by atoms with Crippen molar-refractivity contribution in [1.29, 1.82) is 0 Å². The number of ether oxygens (including phenoxy) is 2. The fourth-order valence-electron chi connectivity index (χ4n) is 4.45. The van der Waals surface area contributed by atoms with Gasteiger partial charge in [0.05, 0.1) is 0 Å². The third-order valence-electron chi connectivity index (χ3n) is 5.65. The highest BCUT2D eigenvalue weighted by Crippen LogP contribution is 2.50. The molecule has 0 bridgehead atoms. The Balaban J connectivity index is 1.83. The van der Waals surface area contributed by atoms with Crippen molar-refractivity contribution in [3.8, 4) is 11.5 Å². The van der Waals surface area contributed by atoms with Gasteiger partial charge in [-0.2, -0.15) is 0 Å². The van der Waals surface area contributed by atoms with Crippen molar-refractivity contribution < 1.29 is 14.3 Å². The van der Waals surface area contributed by atoms with Gasteiger partial charge in [0.2, 0.25) is 6.79 Å². The molecule has 0 saturated heterocycles. The number of rotatable bonds is 0. The van der Waals surface area contributed by atoms with Crippen LogP contribution < -0.4 is 9.47 Å². The first-order chi connectivity index (χ1) is 11.8. The molecule has 1 aliphatic heterocycles. The summed E-state index contributed by atoms with van der Waals surface area (Å²) in [6.45, 7) is 0.269. The average Bonchev–Trinajstić information content (AvgIpc) is 3.08. The molecule has 0 spiro atoms. The second-order valence-electron chi connectivity index (χ2n) is 6.99. The van der Waals surface area contributed by atoms with Crippen LogP contribution in [0.3, 0.4) is 0 Å². The van der Waals surface area contributed by atoms with Gasteiger partial charge in [-0.25, -0.2) is 0 Å². The van der Waals surface area contributed by atoms with E-state index in [-0.39, 0.29) is 17.4 Å². The van der Waals surface area contributed by atoms with Gasteiger partial charge in [0.1, 0.15) is 4.83 Å². The zero-order valence-corrected chi connectivity index (χ0v) is 15.1. The van der Waals surface area contributed by atoms with Gasteiger partial charge in [-0.3, -0.25) is 4.79 Å². The standard InChI is InChI=1S/C20H19BrO3/c21-19-17-12-7-5-3-1-2-4-6-11(12)13-8-15-16(24-10-23-15)9-14(13)18(17)20(19)22/h8-9,19H,1-7,10H2. The molecular weight excluding hydrogens is 368 g/mol. The number of hydrogen-bond acceptors (Lipinski definition) is 3. The molecule has 0 N–H and O–H groups in total. The number of fused-ring (bicyclic) bond motifs is 7. The highest BCUT2D eigenvalue weighted by atomic mass is 79.9. The second-order valence-corrected chi connectivity index (χ2v) is 7.91. The molecule has 1 atom stereocenters. The van der Waals surface area contributed by atoms with Crippen molar-refractivity contribution in [2.75, 3.05) is 6.79 Å². The summed E-state index contributed by atoms with van der Waals surface area (Å²) in [5.74, 6) is 1.78. The maximum atomic E-state index is 12.6. The van der Waals surface area contributed by atoms with Gasteiger partial charge in [0, 0.05) is 5.56 Å². The lowest BCUT2D eigenvalue weighted by molar-refractivity contribution is 0.0967. The monoisotopic (exact) mass is 386 g/mol. The fourth-order valence-corrected chi connectivity index (χ4v) is 5.18. The number of alkyl halides is 1. The van der Waals surface area contributed by atoms with Crippen molar-refractivity contribution in [2.45, 2.75) is 49.8 Å². The summed E-state index contributed by atoms with van der Waals surface area (Å²) in [6, 6.07) is 4.11. The molecule has 2 aliphatic carbocycles. The third kappa shape index (κ3) is 1.98. The fraction of sp³-hybridized carbons (Fsp3) is 0.450. The molecule has 24 heavy (non-hydrogen) atoms. The quantitative estimate of drug-likeness (QED) is 0.580. The van der Waals surface area contributed by atoms with Crippen LogP contribution in [-0.2, 0) is 12.8 Å². The molecule has 0 fully saturated rings. The summed E-state index contributed by atoms with van der Waals surface area (Å²) in [4.78, 5) is 12.4. The van der Waals surface area contributed by atoms with Crippen LogP contribution in [0.2, 0.25) is 0 Å². The summed E-state index contributed by atoms with van der Waals surface area (Å²) >= 11 is 3.61. The van der Waals surface area contributed by atoms with Crippen molar-refractivity contribution >= 4 is 32.5 Å². The molecule has 0 amide bonds. The molecule has 0 saturated carbocycles. The Morgan fingerprint density at radius 3 is 2.25 bits per heavy atom. The van der Waals surface area contributed by atoms with Gasteiger partial charge in [-0.15, -0.1) is 0 Å². The van der Waals surface area contributed by atoms with Gasteiger partial charge < -0.3 is 9.47 Å². The molecule has 1 heterocycles. The van der Waals surface area contributed by atoms with E-state index in [1.807, 2.05) is 6.07 Å². The Bertz CT molecular complexity index is 871. The number of carbonyl (C=O) groups excluding carboxylic acids is 1. The Labute approximate surface area is 149 Å². The summed E-state index contributed by atoms with van der Waals surface area (Å²) in [6.07, 6.45) is 8.49. The van der Waals surface area contributed by atoms with Crippen LogP contribution in [0.5, 0.6) is 11.5 Å². The predicted octanol–water partition coefficient (Wildman–Crippen LogP) is 5.25. The lowest BCUT2D eigenvalue weighted by atomic mass is 9.75. The van der Waals surface area contributed by atoms with Crippen LogP contribution >= 0.6 is 15.9 Å². The molecule has 2 aromatic carbocycles.